The van der Waals surface area contributed by atoms with Gasteiger partial charge in [-0.1, -0.05) is 25.4 Å². The fourth-order valence-electron chi connectivity index (χ4n) is 1.54. The molecule has 0 amide bonds. The molecule has 1 heterocycles. The Morgan fingerprint density at radius 3 is 2.40 bits per heavy atom. The van der Waals surface area contributed by atoms with Gasteiger partial charge >= 0.3 is 0 Å². The van der Waals surface area contributed by atoms with Gasteiger partial charge in [-0.3, -0.25) is 0 Å². The largest absolute Gasteiger partial charge is 0.317 e. The highest BCUT2D eigenvalue weighted by Gasteiger charge is 2.10. The van der Waals surface area contributed by atoms with Gasteiger partial charge in [0.2, 0.25) is 0 Å². The summed E-state index contributed by atoms with van der Waals surface area (Å²) in [5, 5.41) is 3.87. The first-order valence-corrected chi connectivity index (χ1v) is 5.63. The number of hydrogen-bond acceptors (Lipinski definition) is 3. The van der Waals surface area contributed by atoms with E-state index in [1.807, 2.05) is 7.05 Å². The van der Waals surface area contributed by atoms with Crippen LogP contribution in [0.5, 0.6) is 0 Å². The lowest BCUT2D eigenvalue weighted by Gasteiger charge is -2.17. The van der Waals surface area contributed by atoms with Crippen LogP contribution in [0.4, 0.5) is 0 Å². The molecule has 1 atom stereocenters. The predicted molar refractivity (Wildman–Crippen MR) is 63.0 cm³/mol. The van der Waals surface area contributed by atoms with Gasteiger partial charge in [0.1, 0.15) is 5.82 Å². The van der Waals surface area contributed by atoms with E-state index in [4.69, 9.17) is 11.6 Å². The molecule has 1 N–H and O–H groups in total. The lowest BCUT2D eigenvalue weighted by atomic mass is 10.0. The van der Waals surface area contributed by atoms with E-state index in [1.165, 1.54) is 0 Å². The SMILES string of the molecule is CNC(Cc1ncc(Cl)cn1)CC(C)C. The molecule has 1 aromatic rings. The number of rotatable bonds is 5. The second-order valence-electron chi connectivity index (χ2n) is 4.14. The maximum absolute atomic E-state index is 5.73. The number of nitrogens with zero attached hydrogens (tertiary/aromatic N) is 2. The number of halogens is 1. The van der Waals surface area contributed by atoms with Crippen LogP contribution in [0.3, 0.4) is 0 Å². The van der Waals surface area contributed by atoms with Crippen molar-refractivity contribution in [2.24, 2.45) is 5.92 Å². The summed E-state index contributed by atoms with van der Waals surface area (Å²) < 4.78 is 0. The summed E-state index contributed by atoms with van der Waals surface area (Å²) in [6.07, 6.45) is 5.27. The Morgan fingerprint density at radius 2 is 1.93 bits per heavy atom. The molecule has 0 spiro atoms. The molecule has 15 heavy (non-hydrogen) atoms. The van der Waals surface area contributed by atoms with Gasteiger partial charge in [0.15, 0.2) is 0 Å². The molecule has 84 valence electrons. The second kappa shape index (κ2) is 6.03. The fraction of sp³-hybridized carbons (Fsp3) is 0.636. The van der Waals surface area contributed by atoms with Crippen molar-refractivity contribution in [3.05, 3.63) is 23.2 Å². The van der Waals surface area contributed by atoms with Crippen LogP contribution in [-0.2, 0) is 6.42 Å². The quantitative estimate of drug-likeness (QED) is 0.839. The molecule has 3 nitrogen and oxygen atoms in total. The van der Waals surface area contributed by atoms with E-state index in [0.29, 0.717) is 17.0 Å². The number of likely N-dealkylation sites (N-methyl/N-ethyl adjacent to an activating group) is 1. The molecule has 0 aliphatic heterocycles. The van der Waals surface area contributed by atoms with Crippen molar-refractivity contribution in [2.45, 2.75) is 32.7 Å². The summed E-state index contributed by atoms with van der Waals surface area (Å²) in [7, 11) is 1.98. The van der Waals surface area contributed by atoms with Crippen LogP contribution in [0.2, 0.25) is 5.02 Å². The van der Waals surface area contributed by atoms with Crippen molar-refractivity contribution in [3.63, 3.8) is 0 Å². The second-order valence-corrected chi connectivity index (χ2v) is 4.57. The van der Waals surface area contributed by atoms with Gasteiger partial charge in [-0.25, -0.2) is 9.97 Å². The first kappa shape index (κ1) is 12.4. The summed E-state index contributed by atoms with van der Waals surface area (Å²) in [4.78, 5) is 8.38. The van der Waals surface area contributed by atoms with E-state index >= 15 is 0 Å². The van der Waals surface area contributed by atoms with Crippen LogP contribution in [0.25, 0.3) is 0 Å². The molecule has 1 aromatic heterocycles. The zero-order valence-electron chi connectivity index (χ0n) is 9.50. The Bertz CT molecular complexity index is 284. The minimum Gasteiger partial charge on any atom is -0.317 e. The summed E-state index contributed by atoms with van der Waals surface area (Å²) in [5.41, 5.74) is 0. The van der Waals surface area contributed by atoms with Crippen molar-refractivity contribution in [3.8, 4) is 0 Å². The Morgan fingerprint density at radius 1 is 1.33 bits per heavy atom. The van der Waals surface area contributed by atoms with Crippen LogP contribution >= 0.6 is 11.6 Å². The summed E-state index contributed by atoms with van der Waals surface area (Å²) in [6, 6.07) is 0.436. The molecule has 0 bridgehead atoms. The van der Waals surface area contributed by atoms with Crippen molar-refractivity contribution in [1.82, 2.24) is 15.3 Å². The van der Waals surface area contributed by atoms with Gasteiger partial charge in [-0.05, 0) is 19.4 Å². The van der Waals surface area contributed by atoms with E-state index in [0.717, 1.165) is 18.7 Å². The number of hydrogen-bond donors (Lipinski definition) is 1. The summed E-state index contributed by atoms with van der Waals surface area (Å²) >= 11 is 5.73. The predicted octanol–water partition coefficient (Wildman–Crippen LogP) is 2.31. The Balaban J connectivity index is 2.54. The topological polar surface area (TPSA) is 37.8 Å². The Kier molecular flexibility index (Phi) is 4.99. The van der Waals surface area contributed by atoms with E-state index in [9.17, 15) is 0 Å². The molecule has 4 heteroatoms. The van der Waals surface area contributed by atoms with Crippen molar-refractivity contribution >= 4 is 11.6 Å². The average molecular weight is 228 g/mol. The highest BCUT2D eigenvalue weighted by Crippen LogP contribution is 2.09. The van der Waals surface area contributed by atoms with E-state index in [-0.39, 0.29) is 0 Å². The zero-order chi connectivity index (χ0) is 11.3. The Labute approximate surface area is 96.3 Å². The van der Waals surface area contributed by atoms with E-state index in [2.05, 4.69) is 29.1 Å². The van der Waals surface area contributed by atoms with Crippen LogP contribution in [0, 0.1) is 5.92 Å². The third-order valence-corrected chi connectivity index (χ3v) is 2.46. The van der Waals surface area contributed by atoms with Crippen molar-refractivity contribution < 1.29 is 0 Å². The van der Waals surface area contributed by atoms with Crippen LogP contribution in [0.15, 0.2) is 12.4 Å². The molecule has 0 aromatic carbocycles. The van der Waals surface area contributed by atoms with E-state index in [1.54, 1.807) is 12.4 Å². The third kappa shape index (κ3) is 4.58. The van der Waals surface area contributed by atoms with E-state index < -0.39 is 0 Å². The molecule has 0 aliphatic rings. The smallest absolute Gasteiger partial charge is 0.129 e. The minimum absolute atomic E-state index is 0.436. The molecule has 0 saturated heterocycles. The molecule has 0 saturated carbocycles. The molecular formula is C11H18ClN3. The van der Waals surface area contributed by atoms with Gasteiger partial charge in [-0.2, -0.15) is 0 Å². The molecule has 0 fully saturated rings. The average Bonchev–Trinajstić information content (AvgIpc) is 2.19. The summed E-state index contributed by atoms with van der Waals surface area (Å²) in [6.45, 7) is 4.43. The third-order valence-electron chi connectivity index (χ3n) is 2.27. The van der Waals surface area contributed by atoms with Crippen LogP contribution < -0.4 is 5.32 Å². The summed E-state index contributed by atoms with van der Waals surface area (Å²) in [5.74, 6) is 1.52. The highest BCUT2D eigenvalue weighted by atomic mass is 35.5. The van der Waals surface area contributed by atoms with Gasteiger partial charge < -0.3 is 5.32 Å². The first-order valence-electron chi connectivity index (χ1n) is 5.25. The van der Waals surface area contributed by atoms with Gasteiger partial charge in [0, 0.05) is 24.9 Å². The molecule has 0 aliphatic carbocycles. The monoisotopic (exact) mass is 227 g/mol. The lowest BCUT2D eigenvalue weighted by molar-refractivity contribution is 0.435. The molecule has 1 unspecified atom stereocenters. The number of nitrogens with one attached hydrogen (secondary N) is 1. The normalized spacial score (nSPS) is 13.1. The fourth-order valence-corrected chi connectivity index (χ4v) is 1.63. The van der Waals surface area contributed by atoms with Crippen LogP contribution in [0.1, 0.15) is 26.1 Å². The minimum atomic E-state index is 0.436. The lowest BCUT2D eigenvalue weighted by Crippen LogP contribution is -2.29. The van der Waals surface area contributed by atoms with Crippen molar-refractivity contribution in [2.75, 3.05) is 7.05 Å². The molecule has 0 radical (unpaired) electrons. The van der Waals surface area contributed by atoms with Gasteiger partial charge in [0.25, 0.3) is 0 Å². The highest BCUT2D eigenvalue weighted by molar-refractivity contribution is 6.30. The standard InChI is InChI=1S/C11H18ClN3/c1-8(2)4-10(13-3)5-11-14-6-9(12)7-15-11/h6-8,10,13H,4-5H2,1-3H3. The zero-order valence-corrected chi connectivity index (χ0v) is 10.3. The molecular weight excluding hydrogens is 210 g/mol. The number of aromatic nitrogens is 2. The van der Waals surface area contributed by atoms with Gasteiger partial charge in [-0.15, -0.1) is 0 Å². The van der Waals surface area contributed by atoms with Crippen molar-refractivity contribution in [1.29, 1.82) is 0 Å². The maximum Gasteiger partial charge on any atom is 0.129 e. The molecule has 1 rings (SSSR count). The van der Waals surface area contributed by atoms with Crippen LogP contribution in [-0.4, -0.2) is 23.1 Å². The van der Waals surface area contributed by atoms with Gasteiger partial charge in [0.05, 0.1) is 5.02 Å². The Hall–Kier alpha value is -0.670. The maximum atomic E-state index is 5.73. The first-order chi connectivity index (χ1) is 7.11.